The number of hydrazone groups is 1. The maximum absolute atomic E-state index is 13.3. The molecular formula is C25H18Br2FN3O3. The summed E-state index contributed by atoms with van der Waals surface area (Å²) in [5.41, 5.74) is 4.57. The molecule has 1 amide bonds. The molecule has 9 heteroatoms. The molecule has 0 aliphatic rings. The lowest BCUT2D eigenvalue weighted by Crippen LogP contribution is -2.24. The molecule has 6 nitrogen and oxygen atoms in total. The highest BCUT2D eigenvalue weighted by atomic mass is 79.9. The van der Waals surface area contributed by atoms with Gasteiger partial charge in [0, 0.05) is 11.6 Å². The first-order valence-corrected chi connectivity index (χ1v) is 11.7. The summed E-state index contributed by atoms with van der Waals surface area (Å²) in [5.74, 6) is 0.380. The number of hydrogen-bond donors (Lipinski definition) is 1. The van der Waals surface area contributed by atoms with Gasteiger partial charge in [-0.05, 0) is 79.4 Å². The summed E-state index contributed by atoms with van der Waals surface area (Å²) in [7, 11) is 0. The summed E-state index contributed by atoms with van der Waals surface area (Å²) in [6, 6.07) is 19.1. The van der Waals surface area contributed by atoms with E-state index in [9.17, 15) is 9.18 Å². The van der Waals surface area contributed by atoms with Crippen LogP contribution in [0.5, 0.6) is 11.5 Å². The third-order valence-electron chi connectivity index (χ3n) is 4.65. The van der Waals surface area contributed by atoms with Crippen LogP contribution in [0.3, 0.4) is 0 Å². The average Bonchev–Trinajstić information content (AvgIpc) is 2.82. The predicted octanol–water partition coefficient (Wildman–Crippen LogP) is 6.01. The first-order chi connectivity index (χ1) is 16.5. The number of carbonyl (C=O) groups excluding carboxylic acids is 1. The number of amides is 1. The van der Waals surface area contributed by atoms with Crippen molar-refractivity contribution in [3.63, 3.8) is 0 Å². The number of aromatic nitrogens is 1. The van der Waals surface area contributed by atoms with Crippen LogP contribution in [0.15, 0.2) is 87.0 Å². The smallest absolute Gasteiger partial charge is 0.277 e. The number of ether oxygens (including phenoxy) is 2. The molecule has 34 heavy (non-hydrogen) atoms. The first-order valence-electron chi connectivity index (χ1n) is 10.1. The van der Waals surface area contributed by atoms with Crippen molar-refractivity contribution in [1.29, 1.82) is 0 Å². The summed E-state index contributed by atoms with van der Waals surface area (Å²) in [6.45, 7) is 0.0119. The van der Waals surface area contributed by atoms with Crippen LogP contribution < -0.4 is 14.9 Å². The number of fused-ring (bicyclic) bond motifs is 1. The van der Waals surface area contributed by atoms with Crippen molar-refractivity contribution >= 4 is 54.9 Å². The van der Waals surface area contributed by atoms with Crippen molar-refractivity contribution in [3.05, 3.63) is 98.8 Å². The Morgan fingerprint density at radius 3 is 2.59 bits per heavy atom. The highest BCUT2D eigenvalue weighted by Crippen LogP contribution is 2.35. The van der Waals surface area contributed by atoms with Crippen LogP contribution in [0.4, 0.5) is 4.39 Å². The van der Waals surface area contributed by atoms with Crippen LogP contribution >= 0.6 is 31.9 Å². The lowest BCUT2D eigenvalue weighted by atomic mass is 10.2. The van der Waals surface area contributed by atoms with Crippen molar-refractivity contribution in [2.24, 2.45) is 5.10 Å². The van der Waals surface area contributed by atoms with Gasteiger partial charge in [-0.3, -0.25) is 9.78 Å². The number of pyridine rings is 1. The van der Waals surface area contributed by atoms with Gasteiger partial charge in [0.2, 0.25) is 0 Å². The third kappa shape index (κ3) is 6.18. The topological polar surface area (TPSA) is 72.8 Å². The van der Waals surface area contributed by atoms with Crippen molar-refractivity contribution in [2.75, 3.05) is 6.61 Å². The molecule has 0 saturated heterocycles. The van der Waals surface area contributed by atoms with Crippen LogP contribution in [0.2, 0.25) is 0 Å². The minimum atomic E-state index is -0.405. The van der Waals surface area contributed by atoms with E-state index in [1.54, 1.807) is 36.5 Å². The fraction of sp³-hybridized carbons (Fsp3) is 0.0800. The molecule has 4 rings (SSSR count). The number of nitrogens with one attached hydrogen (secondary N) is 1. The Hall–Kier alpha value is -3.30. The van der Waals surface area contributed by atoms with E-state index < -0.39 is 5.91 Å². The largest absolute Gasteiger partial charge is 0.487 e. The van der Waals surface area contributed by atoms with Crippen LogP contribution in [0.1, 0.15) is 11.1 Å². The summed E-state index contributed by atoms with van der Waals surface area (Å²) in [4.78, 5) is 16.4. The SMILES string of the molecule is O=C(COc1cccc2cccnc12)N/N=C/c1cc(Br)c(OCc2cccc(F)c2)c(Br)c1. The Labute approximate surface area is 212 Å². The molecule has 0 saturated carbocycles. The highest BCUT2D eigenvalue weighted by molar-refractivity contribution is 9.11. The number of nitrogens with zero attached hydrogens (tertiary/aromatic N) is 2. The zero-order chi connectivity index (χ0) is 23.9. The standard InChI is InChI=1S/C25H18Br2FN3O3/c26-20-11-17(12-21(27)25(20)34-14-16-4-1-7-19(28)10-16)13-30-31-23(32)15-33-22-8-2-5-18-6-3-9-29-24(18)22/h1-13H,14-15H2,(H,31,32)/b30-13+. The number of carbonyl (C=O) groups is 1. The molecule has 0 aliphatic carbocycles. The number of para-hydroxylation sites is 1. The molecular weight excluding hydrogens is 569 g/mol. The Bertz CT molecular complexity index is 1340. The highest BCUT2D eigenvalue weighted by Gasteiger charge is 2.10. The molecule has 172 valence electrons. The van der Waals surface area contributed by atoms with E-state index in [1.165, 1.54) is 18.3 Å². The van der Waals surface area contributed by atoms with E-state index in [0.29, 0.717) is 31.5 Å². The quantitative estimate of drug-likeness (QED) is 0.203. The Balaban J connectivity index is 1.32. The van der Waals surface area contributed by atoms with E-state index in [2.05, 4.69) is 47.4 Å². The average molecular weight is 587 g/mol. The van der Waals surface area contributed by atoms with E-state index in [4.69, 9.17) is 9.47 Å². The van der Waals surface area contributed by atoms with Crippen LogP contribution in [0, 0.1) is 5.82 Å². The Kier molecular flexibility index (Phi) is 7.87. The molecule has 0 fully saturated rings. The molecule has 1 heterocycles. The molecule has 1 N–H and O–H groups in total. The van der Waals surface area contributed by atoms with Crippen LogP contribution in [-0.4, -0.2) is 23.7 Å². The molecule has 3 aromatic carbocycles. The second-order valence-electron chi connectivity index (χ2n) is 7.15. The normalized spacial score (nSPS) is 11.0. The first kappa shape index (κ1) is 23.8. The zero-order valence-corrected chi connectivity index (χ0v) is 20.8. The molecule has 0 aliphatic heterocycles. The van der Waals surface area contributed by atoms with Gasteiger partial charge in [0.05, 0.1) is 15.2 Å². The summed E-state index contributed by atoms with van der Waals surface area (Å²) < 4.78 is 26.1. The Morgan fingerprint density at radius 1 is 1.03 bits per heavy atom. The molecule has 0 atom stereocenters. The lowest BCUT2D eigenvalue weighted by Gasteiger charge is -2.11. The van der Waals surface area contributed by atoms with Gasteiger partial charge >= 0.3 is 0 Å². The summed E-state index contributed by atoms with van der Waals surface area (Å²) >= 11 is 6.95. The molecule has 4 aromatic rings. The minimum absolute atomic E-state index is 0.201. The van der Waals surface area contributed by atoms with Crippen molar-refractivity contribution < 1.29 is 18.7 Å². The monoisotopic (exact) mass is 585 g/mol. The van der Waals surface area contributed by atoms with Crippen molar-refractivity contribution in [3.8, 4) is 11.5 Å². The van der Waals surface area contributed by atoms with Crippen molar-refractivity contribution in [1.82, 2.24) is 10.4 Å². The summed E-state index contributed by atoms with van der Waals surface area (Å²) in [5, 5.41) is 4.92. The van der Waals surface area contributed by atoms with Gasteiger partial charge in [-0.15, -0.1) is 0 Å². The molecule has 0 spiro atoms. The fourth-order valence-corrected chi connectivity index (χ4v) is 4.57. The second-order valence-corrected chi connectivity index (χ2v) is 8.85. The third-order valence-corrected chi connectivity index (χ3v) is 5.83. The summed E-state index contributed by atoms with van der Waals surface area (Å²) in [6.07, 6.45) is 3.18. The predicted molar refractivity (Wildman–Crippen MR) is 136 cm³/mol. The molecule has 1 aromatic heterocycles. The number of benzene rings is 3. The van der Waals surface area contributed by atoms with E-state index in [1.807, 2.05) is 24.3 Å². The zero-order valence-electron chi connectivity index (χ0n) is 17.7. The van der Waals surface area contributed by atoms with Gasteiger partial charge in [-0.1, -0.05) is 30.3 Å². The van der Waals surface area contributed by atoms with Crippen LogP contribution in [-0.2, 0) is 11.4 Å². The Morgan fingerprint density at radius 2 is 1.79 bits per heavy atom. The van der Waals surface area contributed by atoms with Crippen molar-refractivity contribution in [2.45, 2.75) is 6.61 Å². The van der Waals surface area contributed by atoms with Crippen LogP contribution in [0.25, 0.3) is 10.9 Å². The van der Waals surface area contributed by atoms with Gasteiger partial charge in [0.25, 0.3) is 5.91 Å². The lowest BCUT2D eigenvalue weighted by molar-refractivity contribution is -0.123. The second kappa shape index (κ2) is 11.2. The van der Waals surface area contributed by atoms with E-state index >= 15 is 0 Å². The van der Waals surface area contributed by atoms with Gasteiger partial charge in [0.15, 0.2) is 6.61 Å². The van der Waals surface area contributed by atoms with Gasteiger partial charge in [-0.25, -0.2) is 9.82 Å². The minimum Gasteiger partial charge on any atom is -0.487 e. The van der Waals surface area contributed by atoms with Gasteiger partial charge in [0.1, 0.15) is 29.4 Å². The number of hydrogen-bond acceptors (Lipinski definition) is 5. The van der Waals surface area contributed by atoms with E-state index in [0.717, 1.165) is 10.9 Å². The number of halogens is 3. The maximum Gasteiger partial charge on any atom is 0.277 e. The fourth-order valence-electron chi connectivity index (χ4n) is 3.12. The maximum atomic E-state index is 13.3. The molecule has 0 radical (unpaired) electrons. The van der Waals surface area contributed by atoms with Gasteiger partial charge in [-0.2, -0.15) is 5.10 Å². The van der Waals surface area contributed by atoms with Gasteiger partial charge < -0.3 is 9.47 Å². The molecule has 0 unspecified atom stereocenters. The molecule has 0 bridgehead atoms. The number of rotatable bonds is 8. The van der Waals surface area contributed by atoms with E-state index in [-0.39, 0.29) is 19.0 Å².